The summed E-state index contributed by atoms with van der Waals surface area (Å²) in [6.07, 6.45) is 7.26. The van der Waals surface area contributed by atoms with E-state index in [4.69, 9.17) is 4.42 Å². The lowest BCUT2D eigenvalue weighted by molar-refractivity contribution is -0.132. The number of furan rings is 1. The molecule has 1 aromatic heterocycles. The molecular weight excluding hydrogens is 348 g/mol. The molecule has 28 heavy (non-hydrogen) atoms. The normalized spacial score (nSPS) is 22.1. The molecule has 0 spiro atoms. The van der Waals surface area contributed by atoms with Crippen LogP contribution in [0.5, 0.6) is 0 Å². The first-order valence-corrected chi connectivity index (χ1v) is 11.0. The monoisotopic (exact) mass is 382 g/mol. The smallest absolute Gasteiger partial charge is 0.227 e. The van der Waals surface area contributed by atoms with Crippen LogP contribution >= 0.6 is 0 Å². The number of rotatable bonds is 4. The van der Waals surface area contributed by atoms with Crippen molar-refractivity contribution in [2.45, 2.75) is 52.9 Å². The number of amides is 1. The minimum Gasteiger partial charge on any atom is -0.464 e. The van der Waals surface area contributed by atoms with E-state index in [-0.39, 0.29) is 5.91 Å². The lowest BCUT2D eigenvalue weighted by atomic mass is 9.94. The zero-order valence-corrected chi connectivity index (χ0v) is 17.7. The summed E-state index contributed by atoms with van der Waals surface area (Å²) in [5.74, 6) is 1.74. The van der Waals surface area contributed by atoms with Crippen molar-refractivity contribution in [3.8, 4) is 0 Å². The SMILES string of the molecule is Cc1ccc2c(CC(=O)N3CCCC(CN4CCC(C)CC4)C3)coc2c1C. The van der Waals surface area contributed by atoms with Crippen LogP contribution in [0.1, 0.15) is 49.3 Å². The number of aryl methyl sites for hydroxylation is 2. The second-order valence-electron chi connectivity index (χ2n) is 9.15. The summed E-state index contributed by atoms with van der Waals surface area (Å²) in [6.45, 7) is 12.0. The number of benzene rings is 1. The van der Waals surface area contributed by atoms with Gasteiger partial charge in [0.15, 0.2) is 0 Å². The number of carbonyl (C=O) groups is 1. The summed E-state index contributed by atoms with van der Waals surface area (Å²) in [5.41, 5.74) is 4.35. The first-order valence-electron chi connectivity index (χ1n) is 11.0. The zero-order valence-electron chi connectivity index (χ0n) is 17.7. The second kappa shape index (κ2) is 8.28. The van der Waals surface area contributed by atoms with Gasteiger partial charge in [-0.15, -0.1) is 0 Å². The molecule has 4 heteroatoms. The van der Waals surface area contributed by atoms with Crippen LogP contribution in [-0.4, -0.2) is 48.4 Å². The van der Waals surface area contributed by atoms with E-state index >= 15 is 0 Å². The standard InChI is InChI=1S/C24H34N2O2/c1-17-8-11-25(12-9-17)14-20-5-4-10-26(15-20)23(27)13-21-16-28-24-19(3)18(2)6-7-22(21)24/h6-7,16-17,20H,4-5,8-15H2,1-3H3. The van der Waals surface area contributed by atoms with E-state index in [1.54, 1.807) is 6.26 Å². The minimum atomic E-state index is 0.248. The Morgan fingerprint density at radius 1 is 1.14 bits per heavy atom. The van der Waals surface area contributed by atoms with Gasteiger partial charge in [-0.25, -0.2) is 0 Å². The molecule has 2 saturated heterocycles. The van der Waals surface area contributed by atoms with Gasteiger partial charge in [-0.05, 0) is 75.6 Å². The topological polar surface area (TPSA) is 36.7 Å². The van der Waals surface area contributed by atoms with Crippen molar-refractivity contribution in [1.29, 1.82) is 0 Å². The molecule has 0 bridgehead atoms. The lowest BCUT2D eigenvalue weighted by Crippen LogP contribution is -2.45. The van der Waals surface area contributed by atoms with Crippen LogP contribution in [0.15, 0.2) is 22.8 Å². The molecule has 2 aromatic rings. The highest BCUT2D eigenvalue weighted by atomic mass is 16.3. The molecule has 4 rings (SSSR count). The average molecular weight is 383 g/mol. The van der Waals surface area contributed by atoms with Gasteiger partial charge in [0.25, 0.3) is 0 Å². The van der Waals surface area contributed by atoms with Crippen LogP contribution in [0.25, 0.3) is 11.0 Å². The van der Waals surface area contributed by atoms with E-state index in [2.05, 4.69) is 42.7 Å². The molecule has 0 N–H and O–H groups in total. The Balaban J connectivity index is 1.37. The number of piperidine rings is 2. The van der Waals surface area contributed by atoms with Crippen molar-refractivity contribution >= 4 is 16.9 Å². The maximum Gasteiger partial charge on any atom is 0.227 e. The Morgan fingerprint density at radius 2 is 1.93 bits per heavy atom. The van der Waals surface area contributed by atoms with Crippen LogP contribution < -0.4 is 0 Å². The van der Waals surface area contributed by atoms with Crippen LogP contribution in [0.4, 0.5) is 0 Å². The van der Waals surface area contributed by atoms with Crippen LogP contribution in [-0.2, 0) is 11.2 Å². The van der Waals surface area contributed by atoms with Crippen LogP contribution in [0.2, 0.25) is 0 Å². The number of hydrogen-bond donors (Lipinski definition) is 0. The number of nitrogens with zero attached hydrogens (tertiary/aromatic N) is 2. The Labute approximate surface area is 168 Å². The van der Waals surface area contributed by atoms with Gasteiger partial charge in [-0.1, -0.05) is 19.1 Å². The third kappa shape index (κ3) is 4.12. The van der Waals surface area contributed by atoms with E-state index in [1.165, 1.54) is 43.5 Å². The first kappa shape index (κ1) is 19.5. The Kier molecular flexibility index (Phi) is 5.77. The van der Waals surface area contributed by atoms with E-state index in [9.17, 15) is 4.79 Å². The maximum absolute atomic E-state index is 13.0. The van der Waals surface area contributed by atoms with Crippen LogP contribution in [0.3, 0.4) is 0 Å². The fourth-order valence-electron chi connectivity index (χ4n) is 4.85. The predicted octanol–water partition coefficient (Wildman–Crippen LogP) is 4.56. The summed E-state index contributed by atoms with van der Waals surface area (Å²) in [6, 6.07) is 4.22. The fourth-order valence-corrected chi connectivity index (χ4v) is 4.85. The summed E-state index contributed by atoms with van der Waals surface area (Å²) in [7, 11) is 0. The molecule has 1 aromatic carbocycles. The molecular formula is C24H34N2O2. The van der Waals surface area contributed by atoms with Crippen LogP contribution in [0, 0.1) is 25.7 Å². The number of likely N-dealkylation sites (tertiary alicyclic amines) is 2. The summed E-state index contributed by atoms with van der Waals surface area (Å²) in [5, 5.41) is 1.09. The third-order valence-corrected chi connectivity index (χ3v) is 6.95. The molecule has 3 heterocycles. The van der Waals surface area contributed by atoms with Gasteiger partial charge >= 0.3 is 0 Å². The maximum atomic E-state index is 13.0. The van der Waals surface area contributed by atoms with Gasteiger partial charge in [-0.2, -0.15) is 0 Å². The van der Waals surface area contributed by atoms with E-state index in [0.717, 1.165) is 48.5 Å². The van der Waals surface area contributed by atoms with Gasteiger partial charge in [0.1, 0.15) is 5.58 Å². The summed E-state index contributed by atoms with van der Waals surface area (Å²) >= 11 is 0. The van der Waals surface area contributed by atoms with Gasteiger partial charge < -0.3 is 14.2 Å². The van der Waals surface area contributed by atoms with Crippen molar-refractivity contribution in [3.05, 3.63) is 35.1 Å². The number of hydrogen-bond acceptors (Lipinski definition) is 3. The third-order valence-electron chi connectivity index (χ3n) is 6.95. The van der Waals surface area contributed by atoms with E-state index in [1.807, 2.05) is 0 Å². The molecule has 2 aliphatic heterocycles. The molecule has 152 valence electrons. The van der Waals surface area contributed by atoms with Gasteiger partial charge in [0.2, 0.25) is 5.91 Å². The van der Waals surface area contributed by atoms with Crippen molar-refractivity contribution in [1.82, 2.24) is 9.80 Å². The van der Waals surface area contributed by atoms with E-state index in [0.29, 0.717) is 12.3 Å². The second-order valence-corrected chi connectivity index (χ2v) is 9.15. The summed E-state index contributed by atoms with van der Waals surface area (Å²) < 4.78 is 5.80. The number of fused-ring (bicyclic) bond motifs is 1. The summed E-state index contributed by atoms with van der Waals surface area (Å²) in [4.78, 5) is 17.7. The Bertz CT molecular complexity index is 832. The molecule has 0 saturated carbocycles. The Morgan fingerprint density at radius 3 is 2.71 bits per heavy atom. The Hall–Kier alpha value is -1.81. The van der Waals surface area contributed by atoms with E-state index < -0.39 is 0 Å². The van der Waals surface area contributed by atoms with Crippen molar-refractivity contribution < 1.29 is 9.21 Å². The fraction of sp³-hybridized carbons (Fsp3) is 0.625. The quantitative estimate of drug-likeness (QED) is 0.778. The molecule has 1 amide bonds. The van der Waals surface area contributed by atoms with Crippen molar-refractivity contribution in [3.63, 3.8) is 0 Å². The van der Waals surface area contributed by atoms with Crippen molar-refractivity contribution in [2.24, 2.45) is 11.8 Å². The highest BCUT2D eigenvalue weighted by Crippen LogP contribution is 2.28. The molecule has 2 fully saturated rings. The molecule has 2 aliphatic rings. The minimum absolute atomic E-state index is 0.248. The number of carbonyl (C=O) groups excluding carboxylic acids is 1. The van der Waals surface area contributed by atoms with Crippen molar-refractivity contribution in [2.75, 3.05) is 32.7 Å². The van der Waals surface area contributed by atoms with Gasteiger partial charge in [-0.3, -0.25) is 4.79 Å². The van der Waals surface area contributed by atoms with Gasteiger partial charge in [0.05, 0.1) is 12.7 Å². The molecule has 1 unspecified atom stereocenters. The average Bonchev–Trinajstić information content (AvgIpc) is 3.10. The first-order chi connectivity index (χ1) is 13.5. The largest absolute Gasteiger partial charge is 0.464 e. The molecule has 0 radical (unpaired) electrons. The highest BCUT2D eigenvalue weighted by Gasteiger charge is 2.27. The predicted molar refractivity (Wildman–Crippen MR) is 114 cm³/mol. The molecule has 1 atom stereocenters. The lowest BCUT2D eigenvalue weighted by Gasteiger charge is -2.38. The molecule has 4 nitrogen and oxygen atoms in total. The van der Waals surface area contributed by atoms with Gasteiger partial charge in [0, 0.05) is 30.6 Å². The molecule has 0 aliphatic carbocycles. The zero-order chi connectivity index (χ0) is 19.7. The highest BCUT2D eigenvalue weighted by molar-refractivity contribution is 5.89.